The number of aliphatic hydroxyl groups excluding tert-OH is 2. The van der Waals surface area contributed by atoms with E-state index in [9.17, 15) is 10.2 Å². The predicted octanol–water partition coefficient (Wildman–Crippen LogP) is 4.16. The van der Waals surface area contributed by atoms with Gasteiger partial charge in [0.1, 0.15) is 0 Å². The van der Waals surface area contributed by atoms with Gasteiger partial charge in [-0.1, -0.05) is 50.0 Å². The van der Waals surface area contributed by atoms with Crippen molar-refractivity contribution < 1.29 is 10.2 Å². The largest absolute Gasteiger partial charge is 0.392 e. The summed E-state index contributed by atoms with van der Waals surface area (Å²) in [6, 6.07) is 0. The lowest BCUT2D eigenvalue weighted by molar-refractivity contribution is 0.139. The van der Waals surface area contributed by atoms with Crippen LogP contribution in [-0.2, 0) is 0 Å². The number of aliphatic hydroxyl groups is 2. The van der Waals surface area contributed by atoms with Gasteiger partial charge in [-0.15, -0.1) is 0 Å². The van der Waals surface area contributed by atoms with Gasteiger partial charge in [-0.25, -0.2) is 0 Å². The summed E-state index contributed by atoms with van der Waals surface area (Å²) in [5.74, 6) is 1.45. The van der Waals surface area contributed by atoms with Crippen LogP contribution in [0.2, 0.25) is 0 Å². The number of fused-ring (bicyclic) bond motifs is 1. The Labute approximate surface area is 154 Å². The van der Waals surface area contributed by atoms with E-state index in [0.717, 1.165) is 32.2 Å². The summed E-state index contributed by atoms with van der Waals surface area (Å²) in [5, 5.41) is 20.5. The molecule has 0 aromatic carbocycles. The SMILES string of the molecule is CCCCC[C@H](O)/C=C/[C@@H]1[C@H]2C/C(=C/CCCN(C)C)C[C@H]2C[C@H]1O. The van der Waals surface area contributed by atoms with Crippen LogP contribution in [0.1, 0.15) is 64.7 Å². The first-order chi connectivity index (χ1) is 12.0. The molecule has 0 aliphatic heterocycles. The summed E-state index contributed by atoms with van der Waals surface area (Å²) in [4.78, 5) is 2.24. The first-order valence-corrected chi connectivity index (χ1v) is 10.4. The molecule has 0 spiro atoms. The minimum Gasteiger partial charge on any atom is -0.392 e. The molecule has 0 unspecified atom stereocenters. The molecule has 2 N–H and O–H groups in total. The van der Waals surface area contributed by atoms with Crippen molar-refractivity contribution in [3.05, 3.63) is 23.8 Å². The highest BCUT2D eigenvalue weighted by atomic mass is 16.3. The van der Waals surface area contributed by atoms with Gasteiger partial charge in [0.15, 0.2) is 0 Å². The highest BCUT2D eigenvalue weighted by Crippen LogP contribution is 2.50. The van der Waals surface area contributed by atoms with Gasteiger partial charge in [0, 0.05) is 5.92 Å². The van der Waals surface area contributed by atoms with Crippen LogP contribution >= 0.6 is 0 Å². The van der Waals surface area contributed by atoms with Crippen LogP contribution in [0, 0.1) is 17.8 Å². The average molecular weight is 350 g/mol. The van der Waals surface area contributed by atoms with Crippen LogP contribution in [0.5, 0.6) is 0 Å². The second-order valence-electron chi connectivity index (χ2n) is 8.47. The van der Waals surface area contributed by atoms with E-state index < -0.39 is 0 Å². The molecule has 0 saturated heterocycles. The highest BCUT2D eigenvalue weighted by Gasteiger charge is 2.44. The Hall–Kier alpha value is -0.640. The van der Waals surface area contributed by atoms with Gasteiger partial charge in [0.25, 0.3) is 0 Å². The first kappa shape index (κ1) is 20.7. The first-order valence-electron chi connectivity index (χ1n) is 10.4. The van der Waals surface area contributed by atoms with Gasteiger partial charge in [0.05, 0.1) is 12.2 Å². The zero-order valence-electron chi connectivity index (χ0n) is 16.5. The molecule has 2 fully saturated rings. The molecule has 144 valence electrons. The summed E-state index contributed by atoms with van der Waals surface area (Å²) < 4.78 is 0. The second kappa shape index (κ2) is 10.5. The smallest absolute Gasteiger partial charge is 0.0721 e. The van der Waals surface area contributed by atoms with Crippen molar-refractivity contribution in [3.8, 4) is 0 Å². The molecule has 5 atom stereocenters. The summed E-state index contributed by atoms with van der Waals surface area (Å²) in [5.41, 5.74) is 1.60. The average Bonchev–Trinajstić information content (AvgIpc) is 3.06. The van der Waals surface area contributed by atoms with Crippen molar-refractivity contribution in [3.63, 3.8) is 0 Å². The summed E-state index contributed by atoms with van der Waals surface area (Å²) in [6.45, 7) is 3.33. The van der Waals surface area contributed by atoms with Crippen molar-refractivity contribution in [1.82, 2.24) is 4.90 Å². The second-order valence-corrected chi connectivity index (χ2v) is 8.47. The number of nitrogens with zero attached hydrogens (tertiary/aromatic N) is 1. The van der Waals surface area contributed by atoms with E-state index in [1.165, 1.54) is 32.1 Å². The third-order valence-electron chi connectivity index (χ3n) is 6.01. The van der Waals surface area contributed by atoms with E-state index in [1.807, 2.05) is 6.08 Å². The van der Waals surface area contributed by atoms with Gasteiger partial charge in [-0.05, 0) is 71.0 Å². The molecule has 2 saturated carbocycles. The summed E-state index contributed by atoms with van der Waals surface area (Å²) in [6.07, 6.45) is 15.9. The third-order valence-corrected chi connectivity index (χ3v) is 6.01. The fourth-order valence-corrected chi connectivity index (χ4v) is 4.61. The Balaban J connectivity index is 1.82. The van der Waals surface area contributed by atoms with E-state index in [-0.39, 0.29) is 18.1 Å². The quantitative estimate of drug-likeness (QED) is 0.460. The Morgan fingerprint density at radius 1 is 1.20 bits per heavy atom. The van der Waals surface area contributed by atoms with Crippen molar-refractivity contribution in [2.24, 2.45) is 17.8 Å². The highest BCUT2D eigenvalue weighted by molar-refractivity contribution is 5.18. The zero-order valence-corrected chi connectivity index (χ0v) is 16.5. The maximum atomic E-state index is 10.4. The Morgan fingerprint density at radius 3 is 2.72 bits per heavy atom. The predicted molar refractivity (Wildman–Crippen MR) is 105 cm³/mol. The van der Waals surface area contributed by atoms with Gasteiger partial charge in [-0.2, -0.15) is 0 Å². The molecule has 0 amide bonds. The topological polar surface area (TPSA) is 43.7 Å². The number of rotatable bonds is 10. The molecule has 0 aromatic rings. The molecule has 0 bridgehead atoms. The number of unbranched alkanes of at least 4 members (excludes halogenated alkanes) is 3. The molecule has 2 aliphatic rings. The standard InChI is InChI=1S/C22H39NO2/c1-4-5-6-10-19(24)11-12-20-21-15-17(9-7-8-13-23(2)3)14-18(21)16-22(20)25/h9,11-12,18-22,24-25H,4-8,10,13-16H2,1-3H3/b12-11+,17-9+/t18-,19-,20+,21-,22+/m0/s1. The monoisotopic (exact) mass is 349 g/mol. The summed E-state index contributed by atoms with van der Waals surface area (Å²) in [7, 11) is 4.25. The minimum atomic E-state index is -0.347. The van der Waals surface area contributed by atoms with E-state index in [0.29, 0.717) is 11.8 Å². The Morgan fingerprint density at radius 2 is 2.00 bits per heavy atom. The number of allylic oxidation sites excluding steroid dienone is 2. The fraction of sp³-hybridized carbons (Fsp3) is 0.818. The fourth-order valence-electron chi connectivity index (χ4n) is 4.61. The molecular weight excluding hydrogens is 310 g/mol. The lowest BCUT2D eigenvalue weighted by atomic mass is 9.90. The third kappa shape index (κ3) is 6.54. The van der Waals surface area contributed by atoms with Crippen LogP contribution in [0.4, 0.5) is 0 Å². The maximum absolute atomic E-state index is 10.4. The number of hydrogen-bond acceptors (Lipinski definition) is 3. The van der Waals surface area contributed by atoms with Crippen LogP contribution in [0.15, 0.2) is 23.8 Å². The van der Waals surface area contributed by atoms with Gasteiger partial charge in [-0.3, -0.25) is 0 Å². The maximum Gasteiger partial charge on any atom is 0.0721 e. The summed E-state index contributed by atoms with van der Waals surface area (Å²) >= 11 is 0. The molecule has 2 aliphatic carbocycles. The van der Waals surface area contributed by atoms with E-state index in [2.05, 4.69) is 38.1 Å². The van der Waals surface area contributed by atoms with Crippen LogP contribution in [-0.4, -0.2) is 48.0 Å². The Kier molecular flexibility index (Phi) is 8.68. The van der Waals surface area contributed by atoms with E-state index in [4.69, 9.17) is 0 Å². The molecule has 25 heavy (non-hydrogen) atoms. The number of hydrogen-bond donors (Lipinski definition) is 2. The van der Waals surface area contributed by atoms with Crippen LogP contribution in [0.3, 0.4) is 0 Å². The normalized spacial score (nSPS) is 32.2. The van der Waals surface area contributed by atoms with Crippen LogP contribution < -0.4 is 0 Å². The molecule has 3 nitrogen and oxygen atoms in total. The van der Waals surface area contributed by atoms with Gasteiger partial charge in [0.2, 0.25) is 0 Å². The van der Waals surface area contributed by atoms with E-state index >= 15 is 0 Å². The molecule has 0 radical (unpaired) electrons. The molecule has 0 aromatic heterocycles. The zero-order chi connectivity index (χ0) is 18.2. The van der Waals surface area contributed by atoms with Crippen molar-refractivity contribution >= 4 is 0 Å². The van der Waals surface area contributed by atoms with Crippen LogP contribution in [0.25, 0.3) is 0 Å². The molecular formula is C22H39NO2. The van der Waals surface area contributed by atoms with E-state index in [1.54, 1.807) is 5.57 Å². The molecule has 3 heteroatoms. The van der Waals surface area contributed by atoms with Gasteiger partial charge < -0.3 is 15.1 Å². The van der Waals surface area contributed by atoms with Gasteiger partial charge >= 0.3 is 0 Å². The molecule has 2 rings (SSSR count). The minimum absolute atomic E-state index is 0.218. The lowest BCUT2D eigenvalue weighted by Gasteiger charge is -2.18. The molecule has 0 heterocycles. The van der Waals surface area contributed by atoms with Crippen molar-refractivity contribution in [2.45, 2.75) is 76.9 Å². The van der Waals surface area contributed by atoms with Crippen molar-refractivity contribution in [1.29, 1.82) is 0 Å². The van der Waals surface area contributed by atoms with Crippen molar-refractivity contribution in [2.75, 3.05) is 20.6 Å². The Bertz CT molecular complexity index is 443. The lowest BCUT2D eigenvalue weighted by Crippen LogP contribution is -2.17.